The molecule has 6 heteroatoms. The first kappa shape index (κ1) is 16.4. The average molecular weight is 308 g/mol. The van der Waals surface area contributed by atoms with Gasteiger partial charge < -0.3 is 24.8 Å². The maximum atomic E-state index is 12.1. The molecule has 0 aliphatic carbocycles. The van der Waals surface area contributed by atoms with Gasteiger partial charge in [-0.15, -0.1) is 0 Å². The summed E-state index contributed by atoms with van der Waals surface area (Å²) >= 11 is 0. The van der Waals surface area contributed by atoms with Crippen molar-refractivity contribution < 1.29 is 19.4 Å². The first-order valence-corrected chi connectivity index (χ1v) is 7.59. The Kier molecular flexibility index (Phi) is 5.89. The van der Waals surface area contributed by atoms with Gasteiger partial charge in [0.15, 0.2) is 11.5 Å². The molecule has 1 saturated heterocycles. The summed E-state index contributed by atoms with van der Waals surface area (Å²) in [5.41, 5.74) is 0. The Hall–Kier alpha value is -1.95. The van der Waals surface area contributed by atoms with E-state index in [1.54, 1.807) is 12.0 Å². The van der Waals surface area contributed by atoms with Gasteiger partial charge in [0.1, 0.15) is 6.61 Å². The molecular weight excluding hydrogens is 284 g/mol. The van der Waals surface area contributed by atoms with Gasteiger partial charge in [-0.2, -0.15) is 0 Å². The van der Waals surface area contributed by atoms with Gasteiger partial charge in [-0.25, -0.2) is 4.79 Å². The molecule has 122 valence electrons. The van der Waals surface area contributed by atoms with Crippen LogP contribution in [0.2, 0.25) is 0 Å². The Morgan fingerprint density at radius 2 is 2.00 bits per heavy atom. The summed E-state index contributed by atoms with van der Waals surface area (Å²) in [6, 6.07) is 7.19. The third-order valence-electron chi connectivity index (χ3n) is 3.68. The molecule has 1 fully saturated rings. The van der Waals surface area contributed by atoms with Crippen LogP contribution in [0.4, 0.5) is 4.79 Å². The molecule has 6 nitrogen and oxygen atoms in total. The highest BCUT2D eigenvalue weighted by atomic mass is 16.5. The maximum absolute atomic E-state index is 12.1. The first-order valence-electron chi connectivity index (χ1n) is 7.59. The number of aliphatic hydroxyl groups excluding tert-OH is 1. The zero-order valence-electron chi connectivity index (χ0n) is 13.1. The number of hydrogen-bond acceptors (Lipinski definition) is 4. The Morgan fingerprint density at radius 3 is 2.64 bits per heavy atom. The number of aliphatic hydroxyl groups is 1. The van der Waals surface area contributed by atoms with Gasteiger partial charge in [0.25, 0.3) is 0 Å². The molecule has 22 heavy (non-hydrogen) atoms. The van der Waals surface area contributed by atoms with E-state index in [1.165, 1.54) is 0 Å². The minimum absolute atomic E-state index is 0.108. The molecule has 0 saturated carbocycles. The molecule has 0 unspecified atom stereocenters. The standard InChI is InChI=1S/C16H24N2O4/c1-12(11-22-15-6-4-3-5-14(15)21-2)17-16(20)18-9-7-13(19)8-10-18/h3-6,12-13,19H,7-11H2,1-2H3,(H,17,20)/t12-/m1/s1. The predicted molar refractivity (Wildman–Crippen MR) is 83.3 cm³/mol. The van der Waals surface area contributed by atoms with Crippen LogP contribution in [0.15, 0.2) is 24.3 Å². The van der Waals surface area contributed by atoms with Gasteiger partial charge in [-0.05, 0) is 31.9 Å². The highest BCUT2D eigenvalue weighted by molar-refractivity contribution is 5.74. The SMILES string of the molecule is COc1ccccc1OC[C@@H](C)NC(=O)N1CCC(O)CC1. The number of urea groups is 1. The number of likely N-dealkylation sites (tertiary alicyclic amines) is 1. The zero-order chi connectivity index (χ0) is 15.9. The lowest BCUT2D eigenvalue weighted by molar-refractivity contribution is 0.0922. The second kappa shape index (κ2) is 7.89. The van der Waals surface area contributed by atoms with Crippen molar-refractivity contribution in [2.45, 2.75) is 31.9 Å². The van der Waals surface area contributed by atoms with Crippen LogP contribution in [-0.4, -0.2) is 55.0 Å². The van der Waals surface area contributed by atoms with Crippen LogP contribution in [0.5, 0.6) is 11.5 Å². The normalized spacial score (nSPS) is 17.0. The zero-order valence-corrected chi connectivity index (χ0v) is 13.1. The van der Waals surface area contributed by atoms with Gasteiger partial charge in [-0.3, -0.25) is 0 Å². The molecule has 1 heterocycles. The average Bonchev–Trinajstić information content (AvgIpc) is 2.53. The molecule has 1 aliphatic heterocycles. The van der Waals surface area contributed by atoms with Crippen LogP contribution >= 0.6 is 0 Å². The lowest BCUT2D eigenvalue weighted by Gasteiger charge is -2.30. The van der Waals surface area contributed by atoms with E-state index in [0.717, 1.165) is 0 Å². The first-order chi connectivity index (χ1) is 10.6. The van der Waals surface area contributed by atoms with Crippen molar-refractivity contribution in [1.82, 2.24) is 10.2 Å². The number of piperidine rings is 1. The quantitative estimate of drug-likeness (QED) is 0.867. The second-order valence-corrected chi connectivity index (χ2v) is 5.53. The minimum atomic E-state index is -0.282. The number of carbonyl (C=O) groups is 1. The molecule has 1 atom stereocenters. The molecule has 0 radical (unpaired) electrons. The number of amides is 2. The Morgan fingerprint density at radius 1 is 1.36 bits per heavy atom. The van der Waals surface area contributed by atoms with Crippen molar-refractivity contribution >= 4 is 6.03 Å². The molecule has 0 spiro atoms. The molecule has 0 aromatic heterocycles. The Balaban J connectivity index is 1.77. The molecular formula is C16H24N2O4. The van der Waals surface area contributed by atoms with Crippen molar-refractivity contribution in [2.75, 3.05) is 26.8 Å². The van der Waals surface area contributed by atoms with Crippen molar-refractivity contribution in [1.29, 1.82) is 0 Å². The Labute approximate surface area is 131 Å². The monoisotopic (exact) mass is 308 g/mol. The van der Waals surface area contributed by atoms with E-state index in [9.17, 15) is 9.90 Å². The van der Waals surface area contributed by atoms with Crippen molar-refractivity contribution in [3.63, 3.8) is 0 Å². The number of benzene rings is 1. The van der Waals surface area contributed by atoms with Crippen LogP contribution in [0.25, 0.3) is 0 Å². The largest absolute Gasteiger partial charge is 0.493 e. The number of ether oxygens (including phenoxy) is 2. The number of hydrogen-bond donors (Lipinski definition) is 2. The number of nitrogens with one attached hydrogen (secondary N) is 1. The van der Waals surface area contributed by atoms with E-state index in [2.05, 4.69) is 5.32 Å². The second-order valence-electron chi connectivity index (χ2n) is 5.53. The van der Waals surface area contributed by atoms with E-state index >= 15 is 0 Å². The fraction of sp³-hybridized carbons (Fsp3) is 0.562. The third kappa shape index (κ3) is 4.53. The predicted octanol–water partition coefficient (Wildman–Crippen LogP) is 1.63. The fourth-order valence-electron chi connectivity index (χ4n) is 2.37. The fourth-order valence-corrected chi connectivity index (χ4v) is 2.37. The van der Waals surface area contributed by atoms with Crippen molar-refractivity contribution in [3.05, 3.63) is 24.3 Å². The number of methoxy groups -OCH3 is 1. The highest BCUT2D eigenvalue weighted by Crippen LogP contribution is 2.25. The molecule has 2 rings (SSSR count). The molecule has 1 aliphatic rings. The van der Waals surface area contributed by atoms with Crippen LogP contribution < -0.4 is 14.8 Å². The van der Waals surface area contributed by atoms with Gasteiger partial charge in [-0.1, -0.05) is 12.1 Å². The number of rotatable bonds is 5. The summed E-state index contributed by atoms with van der Waals surface area (Å²) in [5, 5.41) is 12.4. The molecule has 2 amide bonds. The number of para-hydroxylation sites is 2. The summed E-state index contributed by atoms with van der Waals surface area (Å²) in [4.78, 5) is 13.8. The van der Waals surface area contributed by atoms with Crippen LogP contribution in [0, 0.1) is 0 Å². The van der Waals surface area contributed by atoms with E-state index < -0.39 is 0 Å². The highest BCUT2D eigenvalue weighted by Gasteiger charge is 2.22. The topological polar surface area (TPSA) is 71.0 Å². The summed E-state index contributed by atoms with van der Waals surface area (Å²) in [6.07, 6.45) is 0.995. The van der Waals surface area contributed by atoms with E-state index in [0.29, 0.717) is 44.0 Å². The van der Waals surface area contributed by atoms with Crippen molar-refractivity contribution in [3.8, 4) is 11.5 Å². The minimum Gasteiger partial charge on any atom is -0.493 e. The molecule has 1 aromatic carbocycles. The van der Waals surface area contributed by atoms with Gasteiger partial charge >= 0.3 is 6.03 Å². The summed E-state index contributed by atoms with van der Waals surface area (Å²) < 4.78 is 10.9. The van der Waals surface area contributed by atoms with Gasteiger partial charge in [0, 0.05) is 13.1 Å². The molecule has 1 aromatic rings. The van der Waals surface area contributed by atoms with E-state index in [-0.39, 0.29) is 18.2 Å². The van der Waals surface area contributed by atoms with Crippen LogP contribution in [0.1, 0.15) is 19.8 Å². The molecule has 0 bridgehead atoms. The smallest absolute Gasteiger partial charge is 0.317 e. The van der Waals surface area contributed by atoms with E-state index in [1.807, 2.05) is 31.2 Å². The van der Waals surface area contributed by atoms with Crippen LogP contribution in [0.3, 0.4) is 0 Å². The summed E-state index contributed by atoms with van der Waals surface area (Å²) in [5.74, 6) is 1.33. The maximum Gasteiger partial charge on any atom is 0.317 e. The number of nitrogens with zero attached hydrogens (tertiary/aromatic N) is 1. The number of carbonyl (C=O) groups excluding carboxylic acids is 1. The molecule has 2 N–H and O–H groups in total. The Bertz CT molecular complexity index is 487. The third-order valence-corrected chi connectivity index (χ3v) is 3.68. The lowest BCUT2D eigenvalue weighted by Crippen LogP contribution is -2.49. The lowest BCUT2D eigenvalue weighted by atomic mass is 10.1. The van der Waals surface area contributed by atoms with E-state index in [4.69, 9.17) is 9.47 Å². The summed E-state index contributed by atoms with van der Waals surface area (Å²) in [7, 11) is 1.60. The van der Waals surface area contributed by atoms with Gasteiger partial charge in [0.2, 0.25) is 0 Å². The van der Waals surface area contributed by atoms with Crippen molar-refractivity contribution in [2.24, 2.45) is 0 Å². The van der Waals surface area contributed by atoms with Gasteiger partial charge in [0.05, 0.1) is 19.3 Å². The summed E-state index contributed by atoms with van der Waals surface area (Å²) in [6.45, 7) is 3.44. The van der Waals surface area contributed by atoms with Crippen LogP contribution in [-0.2, 0) is 0 Å².